The van der Waals surface area contributed by atoms with Gasteiger partial charge in [-0.15, -0.1) is 0 Å². The SMILES string of the molecule is CCC(C#N)CNCc1cc(Cl)ccc1F. The molecule has 86 valence electrons. The zero-order chi connectivity index (χ0) is 12.0. The van der Waals surface area contributed by atoms with E-state index in [1.165, 1.54) is 12.1 Å². The maximum Gasteiger partial charge on any atom is 0.127 e. The van der Waals surface area contributed by atoms with Crippen LogP contribution in [0.25, 0.3) is 0 Å². The molecule has 0 aliphatic rings. The second kappa shape index (κ2) is 6.47. The lowest BCUT2D eigenvalue weighted by molar-refractivity contribution is 0.536. The summed E-state index contributed by atoms with van der Waals surface area (Å²) in [4.78, 5) is 0. The number of nitrogens with zero attached hydrogens (tertiary/aromatic N) is 1. The van der Waals surface area contributed by atoms with Crippen molar-refractivity contribution in [3.63, 3.8) is 0 Å². The smallest absolute Gasteiger partial charge is 0.127 e. The van der Waals surface area contributed by atoms with Gasteiger partial charge in [-0.25, -0.2) is 4.39 Å². The van der Waals surface area contributed by atoms with Crippen molar-refractivity contribution in [2.75, 3.05) is 6.54 Å². The van der Waals surface area contributed by atoms with Gasteiger partial charge in [0.15, 0.2) is 0 Å². The number of nitrogens with one attached hydrogen (secondary N) is 1. The van der Waals surface area contributed by atoms with Crippen molar-refractivity contribution in [1.82, 2.24) is 5.32 Å². The third kappa shape index (κ3) is 3.80. The highest BCUT2D eigenvalue weighted by Gasteiger charge is 2.06. The molecular weight excluding hydrogens is 227 g/mol. The van der Waals surface area contributed by atoms with Gasteiger partial charge >= 0.3 is 0 Å². The minimum atomic E-state index is -0.276. The Labute approximate surface area is 100 Å². The summed E-state index contributed by atoms with van der Waals surface area (Å²) in [6.45, 7) is 2.92. The lowest BCUT2D eigenvalue weighted by Gasteiger charge is -2.09. The van der Waals surface area contributed by atoms with Gasteiger partial charge in [-0.3, -0.25) is 0 Å². The first-order chi connectivity index (χ1) is 7.67. The van der Waals surface area contributed by atoms with Crippen LogP contribution in [0.15, 0.2) is 18.2 Å². The van der Waals surface area contributed by atoms with E-state index in [-0.39, 0.29) is 11.7 Å². The van der Waals surface area contributed by atoms with E-state index >= 15 is 0 Å². The first kappa shape index (κ1) is 13.0. The molecule has 0 heterocycles. The molecule has 1 unspecified atom stereocenters. The fourth-order valence-electron chi connectivity index (χ4n) is 1.34. The minimum Gasteiger partial charge on any atom is -0.311 e. The maximum atomic E-state index is 13.3. The number of benzene rings is 1. The second-order valence-electron chi connectivity index (χ2n) is 3.60. The van der Waals surface area contributed by atoms with Crippen LogP contribution < -0.4 is 5.32 Å². The van der Waals surface area contributed by atoms with Crippen LogP contribution in [0.2, 0.25) is 5.02 Å². The summed E-state index contributed by atoms with van der Waals surface area (Å²) in [5.41, 5.74) is 0.528. The molecule has 0 bridgehead atoms. The van der Waals surface area contributed by atoms with E-state index in [0.29, 0.717) is 23.7 Å². The van der Waals surface area contributed by atoms with Crippen molar-refractivity contribution in [1.29, 1.82) is 5.26 Å². The van der Waals surface area contributed by atoms with Gasteiger partial charge in [0, 0.05) is 23.7 Å². The lowest BCUT2D eigenvalue weighted by Crippen LogP contribution is -2.21. The number of nitriles is 1. The summed E-state index contributed by atoms with van der Waals surface area (Å²) in [7, 11) is 0. The van der Waals surface area contributed by atoms with E-state index < -0.39 is 0 Å². The predicted molar refractivity (Wildman–Crippen MR) is 62.5 cm³/mol. The molecule has 1 N–H and O–H groups in total. The molecule has 0 fully saturated rings. The molecule has 0 aromatic heterocycles. The summed E-state index contributed by atoms with van der Waals surface area (Å²) >= 11 is 5.77. The Morgan fingerprint density at radius 2 is 2.31 bits per heavy atom. The van der Waals surface area contributed by atoms with E-state index in [1.807, 2.05) is 6.92 Å². The predicted octanol–water partition coefficient (Wildman–Crippen LogP) is 3.12. The highest BCUT2D eigenvalue weighted by Crippen LogP contribution is 2.14. The molecule has 0 saturated carbocycles. The van der Waals surface area contributed by atoms with Crippen LogP contribution in [-0.2, 0) is 6.54 Å². The molecule has 1 aromatic carbocycles. The molecule has 1 rings (SSSR count). The Morgan fingerprint density at radius 1 is 1.56 bits per heavy atom. The summed E-state index contributed by atoms with van der Waals surface area (Å²) in [5, 5.41) is 12.3. The van der Waals surface area contributed by atoms with Gasteiger partial charge in [0.2, 0.25) is 0 Å². The molecular formula is C12H14ClFN2. The van der Waals surface area contributed by atoms with Gasteiger partial charge in [0.1, 0.15) is 5.82 Å². The van der Waals surface area contributed by atoms with Gasteiger partial charge in [-0.2, -0.15) is 5.26 Å². The highest BCUT2D eigenvalue weighted by molar-refractivity contribution is 6.30. The van der Waals surface area contributed by atoms with Crippen molar-refractivity contribution in [2.45, 2.75) is 19.9 Å². The van der Waals surface area contributed by atoms with Crippen molar-refractivity contribution in [3.05, 3.63) is 34.6 Å². The fourth-order valence-corrected chi connectivity index (χ4v) is 1.54. The van der Waals surface area contributed by atoms with E-state index in [0.717, 1.165) is 6.42 Å². The first-order valence-electron chi connectivity index (χ1n) is 5.21. The van der Waals surface area contributed by atoms with Crippen LogP contribution in [-0.4, -0.2) is 6.54 Å². The van der Waals surface area contributed by atoms with Crippen molar-refractivity contribution < 1.29 is 4.39 Å². The molecule has 0 spiro atoms. The summed E-state index contributed by atoms with van der Waals surface area (Å²) < 4.78 is 13.3. The van der Waals surface area contributed by atoms with E-state index in [9.17, 15) is 4.39 Å². The normalized spacial score (nSPS) is 12.1. The number of hydrogen-bond acceptors (Lipinski definition) is 2. The third-order valence-corrected chi connectivity index (χ3v) is 2.62. The number of hydrogen-bond donors (Lipinski definition) is 1. The Morgan fingerprint density at radius 3 is 2.94 bits per heavy atom. The zero-order valence-electron chi connectivity index (χ0n) is 9.13. The lowest BCUT2D eigenvalue weighted by atomic mass is 10.1. The second-order valence-corrected chi connectivity index (χ2v) is 4.04. The summed E-state index contributed by atoms with van der Waals surface area (Å²) in [5.74, 6) is -0.302. The first-order valence-corrected chi connectivity index (χ1v) is 5.59. The topological polar surface area (TPSA) is 35.8 Å². The standard InChI is InChI=1S/C12H14ClFN2/c1-2-9(6-15)7-16-8-10-5-11(13)3-4-12(10)14/h3-5,9,16H,2,7-8H2,1H3. The van der Waals surface area contributed by atoms with Crippen LogP contribution in [0, 0.1) is 23.1 Å². The number of rotatable bonds is 5. The molecule has 0 amide bonds. The Balaban J connectivity index is 2.49. The largest absolute Gasteiger partial charge is 0.311 e. The van der Waals surface area contributed by atoms with E-state index in [1.54, 1.807) is 6.07 Å². The average Bonchev–Trinajstić information content (AvgIpc) is 2.29. The molecule has 0 aliphatic heterocycles. The Hall–Kier alpha value is -1.11. The molecule has 0 radical (unpaired) electrons. The molecule has 0 aliphatic carbocycles. The molecule has 1 aromatic rings. The van der Waals surface area contributed by atoms with E-state index in [2.05, 4.69) is 11.4 Å². The maximum absolute atomic E-state index is 13.3. The molecule has 2 nitrogen and oxygen atoms in total. The number of halogens is 2. The monoisotopic (exact) mass is 240 g/mol. The van der Waals surface area contributed by atoms with Crippen LogP contribution >= 0.6 is 11.6 Å². The van der Waals surface area contributed by atoms with Gasteiger partial charge in [-0.05, 0) is 24.6 Å². The van der Waals surface area contributed by atoms with Crippen molar-refractivity contribution in [3.8, 4) is 6.07 Å². The highest BCUT2D eigenvalue weighted by atomic mass is 35.5. The minimum absolute atomic E-state index is 0.0257. The van der Waals surface area contributed by atoms with Gasteiger partial charge in [0.25, 0.3) is 0 Å². The van der Waals surface area contributed by atoms with Gasteiger partial charge in [-0.1, -0.05) is 18.5 Å². The molecule has 1 atom stereocenters. The summed E-state index contributed by atoms with van der Waals surface area (Å²) in [6, 6.07) is 6.64. The molecule has 0 saturated heterocycles. The Bertz CT molecular complexity index is 387. The molecule has 4 heteroatoms. The van der Waals surface area contributed by atoms with Gasteiger partial charge in [0.05, 0.1) is 12.0 Å². The van der Waals surface area contributed by atoms with Crippen LogP contribution in [0.1, 0.15) is 18.9 Å². The quantitative estimate of drug-likeness (QED) is 0.859. The summed E-state index contributed by atoms with van der Waals surface area (Å²) in [6.07, 6.45) is 0.793. The van der Waals surface area contributed by atoms with Crippen LogP contribution in [0.3, 0.4) is 0 Å². The third-order valence-electron chi connectivity index (χ3n) is 2.39. The van der Waals surface area contributed by atoms with E-state index in [4.69, 9.17) is 16.9 Å². The van der Waals surface area contributed by atoms with Crippen LogP contribution in [0.5, 0.6) is 0 Å². The van der Waals surface area contributed by atoms with Gasteiger partial charge < -0.3 is 5.32 Å². The zero-order valence-corrected chi connectivity index (χ0v) is 9.89. The van der Waals surface area contributed by atoms with Crippen molar-refractivity contribution >= 4 is 11.6 Å². The Kier molecular flexibility index (Phi) is 5.24. The molecule has 16 heavy (non-hydrogen) atoms. The fraction of sp³-hybridized carbons (Fsp3) is 0.417. The van der Waals surface area contributed by atoms with Crippen LogP contribution in [0.4, 0.5) is 4.39 Å². The van der Waals surface area contributed by atoms with Crippen molar-refractivity contribution in [2.24, 2.45) is 5.92 Å². The average molecular weight is 241 g/mol.